The van der Waals surface area contributed by atoms with Crippen LogP contribution in [0.15, 0.2) is 18.7 Å². The van der Waals surface area contributed by atoms with Crippen LogP contribution in [0, 0.1) is 0 Å². The molecule has 92 valence electrons. The molecule has 1 aliphatic rings. The van der Waals surface area contributed by atoms with Gasteiger partial charge in [0.15, 0.2) is 0 Å². The minimum atomic E-state index is 0.480. The van der Waals surface area contributed by atoms with Crippen molar-refractivity contribution in [1.82, 2.24) is 9.97 Å². The van der Waals surface area contributed by atoms with Crippen molar-refractivity contribution in [2.75, 3.05) is 18.5 Å². The summed E-state index contributed by atoms with van der Waals surface area (Å²) in [4.78, 5) is 8.93. The Morgan fingerprint density at radius 1 is 1.53 bits per heavy atom. The molecule has 0 radical (unpaired) electrons. The molecule has 17 heavy (non-hydrogen) atoms. The van der Waals surface area contributed by atoms with Gasteiger partial charge in [-0.2, -0.15) is 4.98 Å². The molecular weight excluding hydrogens is 214 g/mol. The summed E-state index contributed by atoms with van der Waals surface area (Å²) in [5, 5.41) is 3.28. The van der Waals surface area contributed by atoms with Gasteiger partial charge in [-0.25, -0.2) is 4.98 Å². The number of nitrogens with one attached hydrogen (secondary N) is 1. The molecule has 1 fully saturated rings. The SMILES string of the molecule is C=CCOc1cc(NCCC)nc(C2CC2)n1. The van der Waals surface area contributed by atoms with Gasteiger partial charge in [0.05, 0.1) is 0 Å². The van der Waals surface area contributed by atoms with Crippen LogP contribution in [0.5, 0.6) is 5.88 Å². The van der Waals surface area contributed by atoms with E-state index >= 15 is 0 Å². The molecule has 0 aliphatic heterocycles. The van der Waals surface area contributed by atoms with Gasteiger partial charge in [0.2, 0.25) is 5.88 Å². The number of hydrogen-bond acceptors (Lipinski definition) is 4. The third kappa shape index (κ3) is 3.44. The minimum Gasteiger partial charge on any atom is -0.473 e. The Balaban J connectivity index is 2.12. The number of rotatable bonds is 7. The maximum absolute atomic E-state index is 5.49. The Hall–Kier alpha value is -1.58. The van der Waals surface area contributed by atoms with Crippen molar-refractivity contribution < 1.29 is 4.74 Å². The summed E-state index contributed by atoms with van der Waals surface area (Å²) in [6.45, 7) is 7.16. The van der Waals surface area contributed by atoms with E-state index < -0.39 is 0 Å². The Morgan fingerprint density at radius 3 is 3.00 bits per heavy atom. The van der Waals surface area contributed by atoms with Crippen molar-refractivity contribution >= 4 is 5.82 Å². The molecule has 0 atom stereocenters. The van der Waals surface area contributed by atoms with Crippen LogP contribution in [0.3, 0.4) is 0 Å². The van der Waals surface area contributed by atoms with Crippen molar-refractivity contribution in [3.8, 4) is 5.88 Å². The van der Waals surface area contributed by atoms with Crippen LogP contribution in [-0.4, -0.2) is 23.1 Å². The average molecular weight is 233 g/mol. The maximum Gasteiger partial charge on any atom is 0.219 e. The van der Waals surface area contributed by atoms with E-state index in [1.807, 2.05) is 6.07 Å². The lowest BCUT2D eigenvalue weighted by molar-refractivity contribution is 0.346. The fourth-order valence-corrected chi connectivity index (χ4v) is 1.53. The molecule has 4 nitrogen and oxygen atoms in total. The molecule has 1 N–H and O–H groups in total. The summed E-state index contributed by atoms with van der Waals surface area (Å²) in [7, 11) is 0. The smallest absolute Gasteiger partial charge is 0.219 e. The van der Waals surface area contributed by atoms with E-state index in [-0.39, 0.29) is 0 Å². The fourth-order valence-electron chi connectivity index (χ4n) is 1.53. The van der Waals surface area contributed by atoms with Crippen LogP contribution < -0.4 is 10.1 Å². The third-order valence-corrected chi connectivity index (χ3v) is 2.57. The van der Waals surface area contributed by atoms with Gasteiger partial charge in [0, 0.05) is 18.5 Å². The lowest BCUT2D eigenvalue weighted by Gasteiger charge is -2.09. The van der Waals surface area contributed by atoms with Crippen molar-refractivity contribution in [3.63, 3.8) is 0 Å². The molecule has 0 unspecified atom stereocenters. The summed E-state index contributed by atoms with van der Waals surface area (Å²) in [6.07, 6.45) is 5.18. The maximum atomic E-state index is 5.49. The molecule has 0 aromatic carbocycles. The van der Waals surface area contributed by atoms with Crippen LogP contribution in [0.1, 0.15) is 37.9 Å². The second-order valence-corrected chi connectivity index (χ2v) is 4.25. The standard InChI is InChI=1S/C13H19N3O/c1-3-7-14-11-9-12(17-8-4-2)16-13(15-11)10-5-6-10/h4,9-10H,2-3,5-8H2,1H3,(H,14,15,16). The van der Waals surface area contributed by atoms with E-state index in [2.05, 4.69) is 28.8 Å². The van der Waals surface area contributed by atoms with Gasteiger partial charge in [0.25, 0.3) is 0 Å². The quantitative estimate of drug-likeness (QED) is 0.736. The summed E-state index contributed by atoms with van der Waals surface area (Å²) >= 11 is 0. The zero-order valence-electron chi connectivity index (χ0n) is 10.3. The van der Waals surface area contributed by atoms with E-state index in [4.69, 9.17) is 4.74 Å². The van der Waals surface area contributed by atoms with Gasteiger partial charge in [-0.3, -0.25) is 0 Å². The summed E-state index contributed by atoms with van der Waals surface area (Å²) in [5.74, 6) is 2.94. The van der Waals surface area contributed by atoms with Crippen molar-refractivity contribution in [2.24, 2.45) is 0 Å². The van der Waals surface area contributed by atoms with Crippen LogP contribution in [0.4, 0.5) is 5.82 Å². The average Bonchev–Trinajstić information content (AvgIpc) is 3.18. The van der Waals surface area contributed by atoms with Gasteiger partial charge < -0.3 is 10.1 Å². The summed E-state index contributed by atoms with van der Waals surface area (Å²) in [5.41, 5.74) is 0. The highest BCUT2D eigenvalue weighted by molar-refractivity contribution is 5.39. The van der Waals surface area contributed by atoms with E-state index in [1.54, 1.807) is 6.08 Å². The predicted molar refractivity (Wildman–Crippen MR) is 68.5 cm³/mol. The molecule has 0 amide bonds. The highest BCUT2D eigenvalue weighted by atomic mass is 16.5. The zero-order valence-corrected chi connectivity index (χ0v) is 10.3. The van der Waals surface area contributed by atoms with Crippen molar-refractivity contribution in [3.05, 3.63) is 24.5 Å². The largest absolute Gasteiger partial charge is 0.473 e. The molecule has 1 aromatic heterocycles. The highest BCUT2D eigenvalue weighted by Crippen LogP contribution is 2.39. The van der Waals surface area contributed by atoms with E-state index in [1.165, 1.54) is 12.8 Å². The lowest BCUT2D eigenvalue weighted by atomic mass is 10.4. The Kier molecular flexibility index (Phi) is 3.96. The first-order valence-electron chi connectivity index (χ1n) is 6.20. The number of ether oxygens (including phenoxy) is 1. The minimum absolute atomic E-state index is 0.480. The van der Waals surface area contributed by atoms with Crippen LogP contribution in [0.2, 0.25) is 0 Å². The second-order valence-electron chi connectivity index (χ2n) is 4.25. The Labute approximate surface area is 102 Å². The second kappa shape index (κ2) is 5.66. The fraction of sp³-hybridized carbons (Fsp3) is 0.538. The Morgan fingerprint density at radius 2 is 2.35 bits per heavy atom. The molecule has 0 spiro atoms. The predicted octanol–water partition coefficient (Wildman–Crippen LogP) is 2.74. The van der Waals surface area contributed by atoms with Crippen LogP contribution >= 0.6 is 0 Å². The normalized spacial score (nSPS) is 14.4. The molecule has 4 heteroatoms. The molecule has 1 saturated carbocycles. The third-order valence-electron chi connectivity index (χ3n) is 2.57. The molecule has 0 bridgehead atoms. The van der Waals surface area contributed by atoms with Gasteiger partial charge >= 0.3 is 0 Å². The molecule has 2 rings (SSSR count). The monoisotopic (exact) mass is 233 g/mol. The number of nitrogens with zero attached hydrogens (tertiary/aromatic N) is 2. The zero-order chi connectivity index (χ0) is 12.1. The highest BCUT2D eigenvalue weighted by Gasteiger charge is 2.27. The molecular formula is C13H19N3O. The molecule has 1 heterocycles. The van der Waals surface area contributed by atoms with Crippen molar-refractivity contribution in [1.29, 1.82) is 0 Å². The first-order valence-corrected chi connectivity index (χ1v) is 6.20. The van der Waals surface area contributed by atoms with Crippen LogP contribution in [0.25, 0.3) is 0 Å². The van der Waals surface area contributed by atoms with Gasteiger partial charge in [0.1, 0.15) is 18.2 Å². The van der Waals surface area contributed by atoms with Gasteiger partial charge in [-0.15, -0.1) is 0 Å². The summed E-state index contributed by atoms with van der Waals surface area (Å²) < 4.78 is 5.49. The van der Waals surface area contributed by atoms with E-state index in [9.17, 15) is 0 Å². The molecule has 1 aliphatic carbocycles. The number of hydrogen-bond donors (Lipinski definition) is 1. The number of anilines is 1. The summed E-state index contributed by atoms with van der Waals surface area (Å²) in [6, 6.07) is 1.85. The van der Waals surface area contributed by atoms with Gasteiger partial charge in [-0.05, 0) is 19.3 Å². The van der Waals surface area contributed by atoms with E-state index in [0.717, 1.165) is 24.6 Å². The van der Waals surface area contributed by atoms with Gasteiger partial charge in [-0.1, -0.05) is 19.6 Å². The lowest BCUT2D eigenvalue weighted by Crippen LogP contribution is -2.06. The first-order chi connectivity index (χ1) is 8.33. The van der Waals surface area contributed by atoms with Crippen LogP contribution in [-0.2, 0) is 0 Å². The number of aromatic nitrogens is 2. The van der Waals surface area contributed by atoms with Crippen molar-refractivity contribution in [2.45, 2.75) is 32.1 Å². The Bertz CT molecular complexity index is 388. The van der Waals surface area contributed by atoms with E-state index in [0.29, 0.717) is 18.4 Å². The first kappa shape index (κ1) is 11.9. The topological polar surface area (TPSA) is 47.0 Å². The molecule has 1 aromatic rings. The molecule has 0 saturated heterocycles.